The molecule has 1 saturated heterocycles. The maximum atomic E-state index is 15.1. The lowest BCUT2D eigenvalue weighted by atomic mass is 9.83. The van der Waals surface area contributed by atoms with Crippen LogP contribution in [0, 0.1) is 5.82 Å². The van der Waals surface area contributed by atoms with Crippen LogP contribution in [0.2, 0.25) is 5.02 Å². The van der Waals surface area contributed by atoms with Gasteiger partial charge in [0.1, 0.15) is 5.65 Å². The van der Waals surface area contributed by atoms with Gasteiger partial charge < -0.3 is 14.0 Å². The van der Waals surface area contributed by atoms with Gasteiger partial charge >= 0.3 is 6.09 Å². The Morgan fingerprint density at radius 1 is 1.26 bits per heavy atom. The normalized spacial score (nSPS) is 19.5. The van der Waals surface area contributed by atoms with E-state index in [0.29, 0.717) is 37.2 Å². The second-order valence-electron chi connectivity index (χ2n) is 8.73. The van der Waals surface area contributed by atoms with E-state index in [0.717, 1.165) is 11.3 Å². The van der Waals surface area contributed by atoms with E-state index < -0.39 is 17.5 Å². The first-order valence-corrected chi connectivity index (χ1v) is 11.5. The van der Waals surface area contributed by atoms with Gasteiger partial charge in [0.2, 0.25) is 0 Å². The standard InChI is InChI=1S/C24H20ClFN6O3/c25-17-5-6-18-20(21(17)26)24(35-23(34)29-18)7-3-8-30(14-24)22(33)15-10-28-31(12-15)13-16-11-27-19-4-1-2-9-32(16)19/h1-2,4-6,9-12H,3,7-8,13-14H2,(H,29,34)/t24-/m0/s1. The van der Waals surface area contributed by atoms with E-state index in [9.17, 15) is 9.59 Å². The average molecular weight is 495 g/mol. The molecule has 35 heavy (non-hydrogen) atoms. The van der Waals surface area contributed by atoms with Crippen molar-refractivity contribution in [3.8, 4) is 0 Å². The zero-order valence-electron chi connectivity index (χ0n) is 18.4. The number of carbonyl (C=O) groups excluding carboxylic acids is 2. The third kappa shape index (κ3) is 3.61. The van der Waals surface area contributed by atoms with E-state index in [1.54, 1.807) is 28.0 Å². The number of halogens is 2. The number of hydrogen-bond donors (Lipinski definition) is 1. The molecular weight excluding hydrogens is 475 g/mol. The fourth-order valence-corrected chi connectivity index (χ4v) is 5.12. The third-order valence-electron chi connectivity index (χ3n) is 6.52. The fraction of sp³-hybridized carbons (Fsp3) is 0.250. The number of carbonyl (C=O) groups is 2. The number of anilines is 1. The van der Waals surface area contributed by atoms with Gasteiger partial charge in [0.05, 0.1) is 53.0 Å². The number of fused-ring (bicyclic) bond motifs is 3. The van der Waals surface area contributed by atoms with Crippen molar-refractivity contribution in [3.63, 3.8) is 0 Å². The number of pyridine rings is 1. The third-order valence-corrected chi connectivity index (χ3v) is 6.81. The number of aromatic nitrogens is 4. The number of ether oxygens (including phenoxy) is 1. The van der Waals surface area contributed by atoms with Crippen molar-refractivity contribution in [2.45, 2.75) is 25.0 Å². The van der Waals surface area contributed by atoms with Gasteiger partial charge in [-0.2, -0.15) is 5.10 Å². The van der Waals surface area contributed by atoms with E-state index in [4.69, 9.17) is 16.3 Å². The number of amides is 2. The molecule has 11 heteroatoms. The smallest absolute Gasteiger partial charge is 0.412 e. The van der Waals surface area contributed by atoms with Crippen LogP contribution in [0.3, 0.4) is 0 Å². The Morgan fingerprint density at radius 2 is 2.14 bits per heavy atom. The molecular formula is C24H20ClFN6O3. The zero-order valence-corrected chi connectivity index (χ0v) is 19.2. The average Bonchev–Trinajstić information content (AvgIpc) is 3.48. The van der Waals surface area contributed by atoms with Crippen LogP contribution in [-0.2, 0) is 16.9 Å². The Bertz CT molecular complexity index is 1480. The lowest BCUT2D eigenvalue weighted by Gasteiger charge is -2.45. The molecule has 5 heterocycles. The highest BCUT2D eigenvalue weighted by molar-refractivity contribution is 6.31. The molecule has 0 unspecified atom stereocenters. The first kappa shape index (κ1) is 21.6. The molecule has 0 bridgehead atoms. The minimum Gasteiger partial charge on any atom is -0.436 e. The summed E-state index contributed by atoms with van der Waals surface area (Å²) in [6.45, 7) is 0.895. The minimum absolute atomic E-state index is 0.0158. The second-order valence-corrected chi connectivity index (χ2v) is 9.14. The van der Waals surface area contributed by atoms with Crippen LogP contribution in [-0.4, -0.2) is 49.2 Å². The van der Waals surface area contributed by atoms with E-state index in [1.807, 2.05) is 28.8 Å². The monoisotopic (exact) mass is 494 g/mol. The maximum absolute atomic E-state index is 15.1. The van der Waals surface area contributed by atoms with Crippen molar-refractivity contribution in [2.24, 2.45) is 0 Å². The number of piperidine rings is 1. The van der Waals surface area contributed by atoms with Crippen molar-refractivity contribution < 1.29 is 18.7 Å². The molecule has 0 saturated carbocycles. The summed E-state index contributed by atoms with van der Waals surface area (Å²) < 4.78 is 24.4. The van der Waals surface area contributed by atoms with Gasteiger partial charge in [-0.15, -0.1) is 0 Å². The van der Waals surface area contributed by atoms with Crippen molar-refractivity contribution >= 4 is 34.9 Å². The molecule has 1 fully saturated rings. The molecule has 1 N–H and O–H groups in total. The number of hydrogen-bond acceptors (Lipinski definition) is 5. The van der Waals surface area contributed by atoms with Gasteiger partial charge in [-0.3, -0.25) is 14.8 Å². The topological polar surface area (TPSA) is 93.8 Å². The second kappa shape index (κ2) is 8.09. The van der Waals surface area contributed by atoms with Gasteiger partial charge in [0.25, 0.3) is 5.91 Å². The van der Waals surface area contributed by atoms with Gasteiger partial charge in [0.15, 0.2) is 11.4 Å². The molecule has 2 aliphatic heterocycles. The minimum atomic E-state index is -1.31. The highest BCUT2D eigenvalue weighted by atomic mass is 35.5. The van der Waals surface area contributed by atoms with E-state index in [-0.39, 0.29) is 23.0 Å². The highest BCUT2D eigenvalue weighted by Gasteiger charge is 2.48. The summed E-state index contributed by atoms with van der Waals surface area (Å²) in [5.74, 6) is -0.925. The van der Waals surface area contributed by atoms with Crippen LogP contribution in [0.1, 0.15) is 34.5 Å². The zero-order chi connectivity index (χ0) is 24.2. The quantitative estimate of drug-likeness (QED) is 0.463. The van der Waals surface area contributed by atoms with Crippen molar-refractivity contribution in [1.82, 2.24) is 24.1 Å². The van der Waals surface area contributed by atoms with Crippen molar-refractivity contribution in [3.05, 3.63) is 82.8 Å². The maximum Gasteiger partial charge on any atom is 0.412 e. The number of nitrogens with zero attached hydrogens (tertiary/aromatic N) is 5. The van der Waals surface area contributed by atoms with Crippen LogP contribution >= 0.6 is 11.6 Å². The molecule has 3 aromatic heterocycles. The number of nitrogens with one attached hydrogen (secondary N) is 1. The van der Waals surface area contributed by atoms with Crippen molar-refractivity contribution in [2.75, 3.05) is 18.4 Å². The summed E-state index contributed by atoms with van der Waals surface area (Å²) >= 11 is 6.04. The molecule has 1 spiro atoms. The Hall–Kier alpha value is -3.92. The Morgan fingerprint density at radius 3 is 3.03 bits per heavy atom. The Kier molecular flexibility index (Phi) is 4.99. The summed E-state index contributed by atoms with van der Waals surface area (Å²) in [6, 6.07) is 8.69. The fourth-order valence-electron chi connectivity index (χ4n) is 4.96. The van der Waals surface area contributed by atoms with E-state index in [2.05, 4.69) is 15.4 Å². The predicted octanol–water partition coefficient (Wildman–Crippen LogP) is 4.07. The number of rotatable bonds is 3. The first-order valence-electron chi connectivity index (χ1n) is 11.1. The molecule has 6 rings (SSSR count). The Balaban J connectivity index is 1.26. The lowest BCUT2D eigenvalue weighted by molar-refractivity contribution is -0.0418. The SMILES string of the molecule is O=C1Nc2ccc(Cl)c(F)c2[C@@]2(CCCN(C(=O)c3cnn(Cc4cnc5ccccn45)c3)C2)O1. The molecule has 1 atom stereocenters. The molecule has 2 aliphatic rings. The number of benzene rings is 1. The van der Waals surface area contributed by atoms with E-state index >= 15 is 4.39 Å². The molecule has 0 aliphatic carbocycles. The molecule has 0 radical (unpaired) electrons. The van der Waals surface area contributed by atoms with E-state index in [1.165, 1.54) is 12.3 Å². The lowest BCUT2D eigenvalue weighted by Crippen LogP contribution is -2.53. The first-order chi connectivity index (χ1) is 16.9. The predicted molar refractivity (Wildman–Crippen MR) is 125 cm³/mol. The van der Waals surface area contributed by atoms with Crippen LogP contribution in [0.15, 0.2) is 55.1 Å². The molecule has 4 aromatic rings. The summed E-state index contributed by atoms with van der Waals surface area (Å²) in [5.41, 5.74) is 1.30. The number of imidazole rings is 1. The number of likely N-dealkylation sites (tertiary alicyclic amines) is 1. The highest BCUT2D eigenvalue weighted by Crippen LogP contribution is 2.45. The van der Waals surface area contributed by atoms with Crippen LogP contribution in [0.25, 0.3) is 5.65 Å². The van der Waals surface area contributed by atoms with Gasteiger partial charge in [-0.05, 0) is 37.1 Å². The summed E-state index contributed by atoms with van der Waals surface area (Å²) in [6.07, 6.45) is 7.09. The van der Waals surface area contributed by atoms with Crippen LogP contribution in [0.5, 0.6) is 0 Å². The molecule has 178 valence electrons. The van der Waals surface area contributed by atoms with Gasteiger partial charge in [-0.1, -0.05) is 17.7 Å². The van der Waals surface area contributed by atoms with Gasteiger partial charge in [-0.25, -0.2) is 14.2 Å². The summed E-state index contributed by atoms with van der Waals surface area (Å²) in [5, 5.41) is 6.81. The van der Waals surface area contributed by atoms with Crippen LogP contribution < -0.4 is 5.32 Å². The summed E-state index contributed by atoms with van der Waals surface area (Å²) in [4.78, 5) is 31.6. The molecule has 9 nitrogen and oxygen atoms in total. The molecule has 1 aromatic carbocycles. The van der Waals surface area contributed by atoms with Crippen LogP contribution in [0.4, 0.5) is 14.9 Å². The van der Waals surface area contributed by atoms with Crippen molar-refractivity contribution in [1.29, 1.82) is 0 Å². The largest absolute Gasteiger partial charge is 0.436 e. The Labute approximate surface area is 204 Å². The summed E-state index contributed by atoms with van der Waals surface area (Å²) in [7, 11) is 0. The van der Waals surface area contributed by atoms with Gasteiger partial charge in [0, 0.05) is 18.9 Å². The molecule has 2 amide bonds.